The Hall–Kier alpha value is -1.94. The molecule has 17 nitrogen and oxygen atoms in total. The number of rotatable bonds is 81. The number of phosphoric ester groups is 2. The van der Waals surface area contributed by atoms with Crippen molar-refractivity contribution in [3.63, 3.8) is 0 Å². The molecular formula is C82H160O17P2. The maximum absolute atomic E-state index is 13.1. The Bertz CT molecular complexity index is 1940. The van der Waals surface area contributed by atoms with Crippen LogP contribution in [0.15, 0.2) is 0 Å². The molecule has 0 aromatic carbocycles. The molecule has 0 radical (unpaired) electrons. The van der Waals surface area contributed by atoms with E-state index in [1.165, 1.54) is 238 Å². The van der Waals surface area contributed by atoms with Crippen LogP contribution in [0.5, 0.6) is 0 Å². The van der Waals surface area contributed by atoms with Crippen molar-refractivity contribution in [3.05, 3.63) is 0 Å². The van der Waals surface area contributed by atoms with Crippen LogP contribution >= 0.6 is 15.6 Å². The fourth-order valence-electron chi connectivity index (χ4n) is 12.7. The van der Waals surface area contributed by atoms with Gasteiger partial charge in [-0.1, -0.05) is 382 Å². The smallest absolute Gasteiger partial charge is 0.462 e. The molecule has 2 unspecified atom stereocenters. The highest BCUT2D eigenvalue weighted by Gasteiger charge is 2.30. The highest BCUT2D eigenvalue weighted by Crippen LogP contribution is 2.45. The zero-order valence-electron chi connectivity index (χ0n) is 66.2. The summed E-state index contributed by atoms with van der Waals surface area (Å²) in [5.74, 6) is -0.516. The third-order valence-corrected chi connectivity index (χ3v) is 21.1. The Balaban J connectivity index is 5.17. The van der Waals surface area contributed by atoms with Gasteiger partial charge in [-0.05, 0) is 37.5 Å². The molecule has 0 aliphatic heterocycles. The lowest BCUT2D eigenvalue weighted by atomic mass is 10.0. The molecule has 0 aliphatic rings. The van der Waals surface area contributed by atoms with Gasteiger partial charge in [0.25, 0.3) is 0 Å². The topological polar surface area (TPSA) is 237 Å². The Morgan fingerprint density at radius 1 is 0.267 bits per heavy atom. The maximum atomic E-state index is 13.1. The van der Waals surface area contributed by atoms with Crippen LogP contribution in [0.3, 0.4) is 0 Å². The summed E-state index contributed by atoms with van der Waals surface area (Å²) < 4.78 is 68.6. The van der Waals surface area contributed by atoms with Gasteiger partial charge in [-0.2, -0.15) is 0 Å². The number of carbonyl (C=O) groups is 4. The molecule has 0 aromatic rings. The first-order valence-corrected chi connectivity index (χ1v) is 45.5. The summed E-state index contributed by atoms with van der Waals surface area (Å²) in [6, 6.07) is 0. The average Bonchev–Trinajstić information content (AvgIpc) is 1.02. The van der Waals surface area contributed by atoms with Crippen LogP contribution in [-0.2, 0) is 65.4 Å². The number of aliphatic hydroxyl groups excluding tert-OH is 1. The van der Waals surface area contributed by atoms with Crippen molar-refractivity contribution in [3.8, 4) is 0 Å². The van der Waals surface area contributed by atoms with Crippen LogP contribution < -0.4 is 0 Å². The second-order valence-electron chi connectivity index (χ2n) is 30.5. The Kier molecular flexibility index (Phi) is 72.2. The molecule has 0 aliphatic carbocycles. The first kappa shape index (κ1) is 99.1. The van der Waals surface area contributed by atoms with Gasteiger partial charge in [0.2, 0.25) is 0 Å². The SMILES string of the molecule is CCCCCCCCCCCCCCCCCCCCCC(=O)OC[C@H](COP(=O)(O)OC[C@@H](O)COP(=O)(O)OC[C@@H](COC(=O)CCCCCCCCC)OC(=O)CCCCCCCCCCCCCCCC(C)C)OC(=O)CCCCCCCCCCCCCCCCCCC(C)C. The predicted molar refractivity (Wildman–Crippen MR) is 414 cm³/mol. The summed E-state index contributed by atoms with van der Waals surface area (Å²) >= 11 is 0. The number of phosphoric acid groups is 2. The van der Waals surface area contributed by atoms with Crippen molar-refractivity contribution in [2.24, 2.45) is 11.8 Å². The van der Waals surface area contributed by atoms with Crippen LogP contribution in [0.1, 0.15) is 433 Å². The summed E-state index contributed by atoms with van der Waals surface area (Å²) in [6.07, 6.45) is 64.0. The van der Waals surface area contributed by atoms with E-state index in [0.717, 1.165) is 115 Å². The second-order valence-corrected chi connectivity index (χ2v) is 33.4. The molecule has 0 bridgehead atoms. The minimum absolute atomic E-state index is 0.107. The van der Waals surface area contributed by atoms with E-state index in [9.17, 15) is 43.2 Å². The fourth-order valence-corrected chi connectivity index (χ4v) is 14.3. The van der Waals surface area contributed by atoms with Gasteiger partial charge in [0.1, 0.15) is 19.3 Å². The number of ether oxygens (including phenoxy) is 4. The van der Waals surface area contributed by atoms with Crippen LogP contribution in [0.4, 0.5) is 0 Å². The monoisotopic (exact) mass is 1480 g/mol. The third kappa shape index (κ3) is 76.1. The first-order valence-electron chi connectivity index (χ1n) is 42.5. The summed E-state index contributed by atoms with van der Waals surface area (Å²) in [4.78, 5) is 72.9. The Morgan fingerprint density at radius 3 is 0.673 bits per heavy atom. The highest BCUT2D eigenvalue weighted by atomic mass is 31.2. The van der Waals surface area contributed by atoms with Crippen molar-refractivity contribution in [2.45, 2.75) is 452 Å². The van der Waals surface area contributed by atoms with E-state index in [1.807, 2.05) is 0 Å². The van der Waals surface area contributed by atoms with E-state index >= 15 is 0 Å². The molecule has 0 amide bonds. The summed E-state index contributed by atoms with van der Waals surface area (Å²) in [5.41, 5.74) is 0. The van der Waals surface area contributed by atoms with Gasteiger partial charge < -0.3 is 33.8 Å². The molecule has 0 heterocycles. The molecule has 19 heteroatoms. The van der Waals surface area contributed by atoms with Gasteiger partial charge in [-0.15, -0.1) is 0 Å². The maximum Gasteiger partial charge on any atom is 0.472 e. The summed E-state index contributed by atoms with van der Waals surface area (Å²) in [7, 11) is -9.92. The standard InChI is InChI=1S/C82H160O17P2/c1-7-9-11-13-15-16-17-18-19-20-21-22-26-31-36-41-47-53-59-65-80(85)93-71-78(99-82(87)66-60-54-48-42-37-32-27-24-23-25-29-34-39-45-50-56-62-74(3)4)73-97-101(90,91)95-69-76(83)68-94-100(88,89)96-72-77(70-92-79(84)64-58-52-44-14-12-10-8-2)98-81(86)67-61-55-49-43-38-33-28-30-35-40-46-51-57-63-75(5)6/h74-78,83H,7-73H2,1-6H3,(H,88,89)(H,90,91)/t76-,77+,78+/m0/s1. The molecule has 0 fully saturated rings. The molecule has 101 heavy (non-hydrogen) atoms. The molecule has 0 rings (SSSR count). The lowest BCUT2D eigenvalue weighted by molar-refractivity contribution is -0.161. The van der Waals surface area contributed by atoms with E-state index in [1.54, 1.807) is 0 Å². The lowest BCUT2D eigenvalue weighted by Gasteiger charge is -2.21. The van der Waals surface area contributed by atoms with Gasteiger partial charge in [-0.3, -0.25) is 37.3 Å². The number of hydrogen-bond donors (Lipinski definition) is 3. The number of unbranched alkanes of at least 4 members (excludes halogenated alkanes) is 51. The van der Waals surface area contributed by atoms with Crippen molar-refractivity contribution < 1.29 is 80.2 Å². The predicted octanol–water partition coefficient (Wildman–Crippen LogP) is 24.7. The van der Waals surface area contributed by atoms with E-state index in [0.29, 0.717) is 25.7 Å². The number of aliphatic hydroxyl groups is 1. The number of carbonyl (C=O) groups excluding carboxylic acids is 4. The molecule has 5 atom stereocenters. The van der Waals surface area contributed by atoms with Crippen LogP contribution in [-0.4, -0.2) is 96.7 Å². The van der Waals surface area contributed by atoms with Crippen molar-refractivity contribution in [1.82, 2.24) is 0 Å². The Labute approximate surface area is 619 Å². The van der Waals surface area contributed by atoms with E-state index < -0.39 is 97.5 Å². The van der Waals surface area contributed by atoms with Gasteiger partial charge in [0.15, 0.2) is 12.2 Å². The third-order valence-electron chi connectivity index (χ3n) is 19.2. The fraction of sp³-hybridized carbons (Fsp3) is 0.951. The minimum atomic E-state index is -4.96. The largest absolute Gasteiger partial charge is 0.472 e. The molecule has 600 valence electrons. The lowest BCUT2D eigenvalue weighted by Crippen LogP contribution is -2.30. The molecular weight excluding hydrogens is 1320 g/mol. The van der Waals surface area contributed by atoms with Crippen molar-refractivity contribution in [1.29, 1.82) is 0 Å². The van der Waals surface area contributed by atoms with E-state index in [2.05, 4.69) is 41.5 Å². The highest BCUT2D eigenvalue weighted by molar-refractivity contribution is 7.47. The van der Waals surface area contributed by atoms with Crippen molar-refractivity contribution in [2.75, 3.05) is 39.6 Å². The summed E-state index contributed by atoms with van der Waals surface area (Å²) in [5, 5.41) is 10.6. The van der Waals surface area contributed by atoms with Gasteiger partial charge >= 0.3 is 39.5 Å². The van der Waals surface area contributed by atoms with Gasteiger partial charge in [-0.25, -0.2) is 9.13 Å². The molecule has 0 spiro atoms. The molecule has 0 aromatic heterocycles. The van der Waals surface area contributed by atoms with Crippen LogP contribution in [0.2, 0.25) is 0 Å². The molecule has 0 saturated heterocycles. The van der Waals surface area contributed by atoms with Crippen molar-refractivity contribution >= 4 is 39.5 Å². The van der Waals surface area contributed by atoms with Crippen LogP contribution in [0, 0.1) is 11.8 Å². The van der Waals surface area contributed by atoms with E-state index in [4.69, 9.17) is 37.0 Å². The van der Waals surface area contributed by atoms with E-state index in [-0.39, 0.29) is 25.7 Å². The summed E-state index contributed by atoms with van der Waals surface area (Å²) in [6.45, 7) is 9.65. The second kappa shape index (κ2) is 73.6. The molecule has 0 saturated carbocycles. The number of hydrogen-bond acceptors (Lipinski definition) is 15. The van der Waals surface area contributed by atoms with Gasteiger partial charge in [0.05, 0.1) is 26.4 Å². The van der Waals surface area contributed by atoms with Crippen LogP contribution in [0.25, 0.3) is 0 Å². The first-order chi connectivity index (χ1) is 48.9. The normalized spacial score (nSPS) is 13.9. The number of esters is 4. The average molecular weight is 1480 g/mol. The minimum Gasteiger partial charge on any atom is -0.462 e. The quantitative estimate of drug-likeness (QED) is 0.0222. The zero-order valence-corrected chi connectivity index (χ0v) is 68.0. The van der Waals surface area contributed by atoms with Gasteiger partial charge in [0, 0.05) is 25.7 Å². The zero-order chi connectivity index (χ0) is 74.2. The Morgan fingerprint density at radius 2 is 0.455 bits per heavy atom. The molecule has 3 N–H and O–H groups in total.